The van der Waals surface area contributed by atoms with Gasteiger partial charge in [-0.05, 0) is 40.0 Å². The SMILES string of the molecule is Cn1c(=O)n(C2CCC(=O)NC2=O)c2ccc(C#CCO[Si](c3ccccc3)(c3ccccc3)C(C)(C)C)cc21. The molecule has 1 aromatic heterocycles. The first-order valence-electron chi connectivity index (χ1n) is 13.4. The summed E-state index contributed by atoms with van der Waals surface area (Å²) in [5.74, 6) is 5.67. The number of nitrogens with zero attached hydrogens (tertiary/aromatic N) is 2. The van der Waals surface area contributed by atoms with Crippen molar-refractivity contribution in [3.63, 3.8) is 0 Å². The molecule has 1 aliphatic heterocycles. The molecule has 0 bridgehead atoms. The van der Waals surface area contributed by atoms with E-state index in [1.54, 1.807) is 7.05 Å². The lowest BCUT2D eigenvalue weighted by Crippen LogP contribution is -2.66. The highest BCUT2D eigenvalue weighted by molar-refractivity contribution is 6.99. The highest BCUT2D eigenvalue weighted by Crippen LogP contribution is 2.36. The molecule has 0 aliphatic carbocycles. The summed E-state index contributed by atoms with van der Waals surface area (Å²) in [6.07, 6.45) is 0.499. The van der Waals surface area contributed by atoms with Crippen LogP contribution in [0.5, 0.6) is 0 Å². The van der Waals surface area contributed by atoms with Crippen molar-refractivity contribution in [1.29, 1.82) is 0 Å². The lowest BCUT2D eigenvalue weighted by Gasteiger charge is -2.42. The monoisotopic (exact) mass is 551 g/mol. The highest BCUT2D eigenvalue weighted by atomic mass is 28.4. The van der Waals surface area contributed by atoms with Crippen molar-refractivity contribution in [3.8, 4) is 11.8 Å². The minimum atomic E-state index is -2.69. The lowest BCUT2D eigenvalue weighted by molar-refractivity contribution is -0.135. The third-order valence-corrected chi connectivity index (χ3v) is 12.6. The number of carbonyl (C=O) groups excluding carboxylic acids is 2. The number of piperidine rings is 1. The van der Waals surface area contributed by atoms with E-state index < -0.39 is 20.3 Å². The molecular formula is C32H33N3O4Si. The molecule has 4 aromatic rings. The second-order valence-electron chi connectivity index (χ2n) is 11.1. The standard InChI is InChI=1S/C32H33N3O4Si/c1-32(2,3)40(24-13-7-5-8-14-24,25-15-9-6-10-16-25)39-21-11-12-23-17-18-26-28(22-23)34(4)31(38)35(26)27-19-20-29(36)33-30(27)37/h5-10,13-18,22,27H,19-21H2,1-4H3,(H,33,36,37). The second kappa shape index (κ2) is 10.8. The Morgan fingerprint density at radius 1 is 0.925 bits per heavy atom. The van der Waals surface area contributed by atoms with Crippen LogP contribution in [-0.2, 0) is 21.1 Å². The maximum Gasteiger partial charge on any atom is 0.329 e. The number of imide groups is 1. The summed E-state index contributed by atoms with van der Waals surface area (Å²) < 4.78 is 9.85. The van der Waals surface area contributed by atoms with Crippen molar-refractivity contribution in [2.45, 2.75) is 44.7 Å². The number of imidazole rings is 1. The molecule has 1 aliphatic rings. The Hall–Kier alpha value is -4.19. The maximum absolute atomic E-state index is 13.1. The molecule has 1 unspecified atom stereocenters. The molecule has 3 aromatic carbocycles. The van der Waals surface area contributed by atoms with E-state index in [1.807, 2.05) is 30.3 Å². The van der Waals surface area contributed by atoms with Crippen molar-refractivity contribution in [1.82, 2.24) is 14.5 Å². The molecule has 2 heterocycles. The molecule has 0 saturated carbocycles. The number of amides is 2. The first-order chi connectivity index (χ1) is 19.1. The van der Waals surface area contributed by atoms with Gasteiger partial charge < -0.3 is 4.43 Å². The van der Waals surface area contributed by atoms with Crippen LogP contribution in [0.3, 0.4) is 0 Å². The molecule has 7 nitrogen and oxygen atoms in total. The van der Waals surface area contributed by atoms with Crippen molar-refractivity contribution in [2.24, 2.45) is 7.05 Å². The van der Waals surface area contributed by atoms with Gasteiger partial charge in [-0.3, -0.25) is 24.0 Å². The zero-order valence-electron chi connectivity index (χ0n) is 23.2. The average Bonchev–Trinajstić information content (AvgIpc) is 3.18. The van der Waals surface area contributed by atoms with Crippen molar-refractivity contribution < 1.29 is 14.0 Å². The Morgan fingerprint density at radius 2 is 1.55 bits per heavy atom. The zero-order chi connectivity index (χ0) is 28.5. The van der Waals surface area contributed by atoms with Crippen LogP contribution in [-0.4, -0.2) is 35.9 Å². The van der Waals surface area contributed by atoms with Gasteiger partial charge in [-0.1, -0.05) is 93.3 Å². The van der Waals surface area contributed by atoms with Crippen LogP contribution in [0.2, 0.25) is 5.04 Å². The van der Waals surface area contributed by atoms with E-state index >= 15 is 0 Å². The summed E-state index contributed by atoms with van der Waals surface area (Å²) in [6.45, 7) is 6.94. The van der Waals surface area contributed by atoms with Gasteiger partial charge in [-0.15, -0.1) is 0 Å². The minimum Gasteiger partial charge on any atom is -0.396 e. The molecule has 1 fully saturated rings. The van der Waals surface area contributed by atoms with Crippen LogP contribution >= 0.6 is 0 Å². The van der Waals surface area contributed by atoms with Crippen molar-refractivity contribution in [2.75, 3.05) is 6.61 Å². The Labute approximate surface area is 234 Å². The maximum atomic E-state index is 13.1. The normalized spacial score (nSPS) is 15.9. The Balaban J connectivity index is 1.46. The summed E-state index contributed by atoms with van der Waals surface area (Å²) in [5, 5.41) is 4.59. The number of aromatic nitrogens is 2. The lowest BCUT2D eigenvalue weighted by atomic mass is 10.1. The van der Waals surface area contributed by atoms with Crippen molar-refractivity contribution in [3.05, 3.63) is 94.9 Å². The van der Waals surface area contributed by atoms with Crippen LogP contribution < -0.4 is 21.4 Å². The van der Waals surface area contributed by atoms with E-state index in [0.717, 1.165) is 5.56 Å². The molecule has 204 valence electrons. The second-order valence-corrected chi connectivity index (χ2v) is 15.4. The van der Waals surface area contributed by atoms with Crippen LogP contribution in [0, 0.1) is 11.8 Å². The Morgan fingerprint density at radius 3 is 2.12 bits per heavy atom. The quantitative estimate of drug-likeness (QED) is 0.235. The van der Waals surface area contributed by atoms with Gasteiger partial charge in [0.2, 0.25) is 11.8 Å². The average molecular weight is 552 g/mol. The van der Waals surface area contributed by atoms with Gasteiger partial charge in [0.25, 0.3) is 8.32 Å². The van der Waals surface area contributed by atoms with Gasteiger partial charge in [-0.2, -0.15) is 0 Å². The molecule has 1 saturated heterocycles. The first kappa shape index (κ1) is 27.4. The third-order valence-electron chi connectivity index (χ3n) is 7.62. The minimum absolute atomic E-state index is 0.145. The van der Waals surface area contributed by atoms with E-state index in [2.05, 4.69) is 86.5 Å². The van der Waals surface area contributed by atoms with E-state index in [1.165, 1.54) is 19.5 Å². The number of rotatable bonds is 5. The van der Waals surface area contributed by atoms with E-state index in [0.29, 0.717) is 17.5 Å². The van der Waals surface area contributed by atoms with E-state index in [4.69, 9.17) is 4.43 Å². The number of nitrogens with one attached hydrogen (secondary N) is 1. The van der Waals surface area contributed by atoms with Gasteiger partial charge in [0.05, 0.1) is 17.6 Å². The molecule has 40 heavy (non-hydrogen) atoms. The highest BCUT2D eigenvalue weighted by Gasteiger charge is 2.50. The van der Waals surface area contributed by atoms with Crippen molar-refractivity contribution >= 4 is 41.5 Å². The smallest absolute Gasteiger partial charge is 0.329 e. The molecule has 1 atom stereocenters. The predicted octanol–water partition coefficient (Wildman–Crippen LogP) is 3.25. The Kier molecular flexibility index (Phi) is 7.36. The molecule has 0 spiro atoms. The fraction of sp³-hybridized carbons (Fsp3) is 0.281. The largest absolute Gasteiger partial charge is 0.396 e. The number of aryl methyl sites for hydroxylation is 1. The number of hydrogen-bond acceptors (Lipinski definition) is 4. The molecule has 0 radical (unpaired) electrons. The predicted molar refractivity (Wildman–Crippen MR) is 159 cm³/mol. The summed E-state index contributed by atoms with van der Waals surface area (Å²) in [4.78, 5) is 37.1. The van der Waals surface area contributed by atoms with Gasteiger partial charge in [0.15, 0.2) is 0 Å². The number of hydrogen-bond donors (Lipinski definition) is 1. The molecular weight excluding hydrogens is 518 g/mol. The van der Waals surface area contributed by atoms with E-state index in [-0.39, 0.29) is 29.7 Å². The Bertz CT molecular complexity index is 1650. The number of benzene rings is 3. The van der Waals surface area contributed by atoms with Gasteiger partial charge >= 0.3 is 5.69 Å². The van der Waals surface area contributed by atoms with Crippen LogP contribution in [0.15, 0.2) is 83.7 Å². The van der Waals surface area contributed by atoms with Crippen LogP contribution in [0.1, 0.15) is 45.2 Å². The molecule has 1 N–H and O–H groups in total. The van der Waals surface area contributed by atoms with Gasteiger partial charge in [0.1, 0.15) is 6.04 Å². The summed E-state index contributed by atoms with van der Waals surface area (Å²) in [6, 6.07) is 25.7. The first-order valence-corrected chi connectivity index (χ1v) is 15.3. The van der Waals surface area contributed by atoms with Gasteiger partial charge in [-0.25, -0.2) is 4.79 Å². The van der Waals surface area contributed by atoms with E-state index in [9.17, 15) is 14.4 Å². The third kappa shape index (κ3) is 4.83. The number of carbonyl (C=O) groups is 2. The van der Waals surface area contributed by atoms with Crippen LogP contribution in [0.25, 0.3) is 11.0 Å². The molecule has 2 amide bonds. The summed E-state index contributed by atoms with van der Waals surface area (Å²) >= 11 is 0. The summed E-state index contributed by atoms with van der Waals surface area (Å²) in [5.41, 5.74) is 1.75. The number of fused-ring (bicyclic) bond motifs is 1. The molecule has 5 rings (SSSR count). The fourth-order valence-electron chi connectivity index (χ4n) is 5.71. The van der Waals surface area contributed by atoms with Gasteiger partial charge in [0, 0.05) is 19.0 Å². The summed E-state index contributed by atoms with van der Waals surface area (Å²) in [7, 11) is -1.01. The zero-order valence-corrected chi connectivity index (χ0v) is 24.2. The van der Waals surface area contributed by atoms with Crippen LogP contribution in [0.4, 0.5) is 0 Å². The molecule has 8 heteroatoms. The topological polar surface area (TPSA) is 82.3 Å². The fourth-order valence-corrected chi connectivity index (χ4v) is 10.2.